The number of amides is 2. The lowest BCUT2D eigenvalue weighted by Gasteiger charge is -2.43. The Bertz CT molecular complexity index is 1900. The van der Waals surface area contributed by atoms with Crippen molar-refractivity contribution in [3.63, 3.8) is 0 Å². The lowest BCUT2D eigenvalue weighted by Crippen LogP contribution is -2.42. The van der Waals surface area contributed by atoms with Crippen molar-refractivity contribution in [1.82, 2.24) is 4.98 Å². The minimum Gasteiger partial charge on any atom is -0.489 e. The molecule has 7 atom stereocenters. The number of thiazole rings is 1. The van der Waals surface area contributed by atoms with Gasteiger partial charge in [-0.3, -0.25) is 19.3 Å². The molecule has 3 heterocycles. The van der Waals surface area contributed by atoms with Crippen LogP contribution in [0.3, 0.4) is 0 Å². The average molecular weight is 653 g/mol. The summed E-state index contributed by atoms with van der Waals surface area (Å²) in [6, 6.07) is 22.9. The Hall–Kier alpha value is -4.15. The molecule has 2 bridgehead atoms. The molecule has 8 nitrogen and oxygen atoms in total. The second-order valence-corrected chi connectivity index (χ2v) is 14.8. The van der Waals surface area contributed by atoms with Crippen LogP contribution in [0, 0.1) is 36.5 Å². The van der Waals surface area contributed by atoms with Gasteiger partial charge in [-0.2, -0.15) is 0 Å². The molecule has 5 unspecified atom stereocenters. The molecule has 3 aromatic carbocycles. The first-order valence-electron chi connectivity index (χ1n) is 15.7. The van der Waals surface area contributed by atoms with Crippen molar-refractivity contribution in [3.05, 3.63) is 110 Å². The standard InChI is InChI=1S/C36H32N2O6S2/c1-3-43-35(41)21-8-12-22(13-9-21)38-33(39)28-24-16-25(29(28)34(38)40)30-27(24)26(31-32(45-30)37-36(42)46-31)20-10-14-23(15-11-20)44-17-19-6-4-18(2)5-7-19/h4-15,24-30H,3,16-17H2,1-2H3,(H,37,42)/t24-,25-,26?,27?,28?,29?,30?/m1/s1. The van der Waals surface area contributed by atoms with Gasteiger partial charge in [0.2, 0.25) is 11.8 Å². The number of aromatic amines is 1. The predicted molar refractivity (Wildman–Crippen MR) is 175 cm³/mol. The number of H-pyrrole nitrogens is 1. The molecule has 1 N–H and O–H groups in total. The zero-order valence-corrected chi connectivity index (χ0v) is 26.9. The van der Waals surface area contributed by atoms with Gasteiger partial charge < -0.3 is 14.5 Å². The van der Waals surface area contributed by atoms with E-state index in [1.165, 1.54) is 21.8 Å². The maximum Gasteiger partial charge on any atom is 0.338 e. The smallest absolute Gasteiger partial charge is 0.338 e. The van der Waals surface area contributed by atoms with E-state index in [1.54, 1.807) is 43.0 Å². The number of anilines is 1. The largest absolute Gasteiger partial charge is 0.489 e. The molecule has 0 spiro atoms. The van der Waals surface area contributed by atoms with E-state index >= 15 is 0 Å². The second kappa shape index (κ2) is 11.3. The fourth-order valence-corrected chi connectivity index (χ4v) is 11.1. The number of imide groups is 1. The molecule has 10 heteroatoms. The first kappa shape index (κ1) is 29.3. The third kappa shape index (κ3) is 4.64. The Labute approximate surface area is 274 Å². The molecule has 3 fully saturated rings. The van der Waals surface area contributed by atoms with Gasteiger partial charge >= 0.3 is 10.8 Å². The van der Waals surface area contributed by atoms with Crippen molar-refractivity contribution in [2.75, 3.05) is 11.5 Å². The second-order valence-electron chi connectivity index (χ2n) is 12.6. The first-order chi connectivity index (χ1) is 22.3. The number of hydrogen-bond acceptors (Lipinski definition) is 8. The minimum absolute atomic E-state index is 0.0144. The summed E-state index contributed by atoms with van der Waals surface area (Å²) in [6.07, 6.45) is 0.818. The number of hydrogen-bond donors (Lipinski definition) is 1. The van der Waals surface area contributed by atoms with E-state index in [0.717, 1.165) is 33.2 Å². The van der Waals surface area contributed by atoms with Crippen LogP contribution in [0.1, 0.15) is 51.2 Å². The summed E-state index contributed by atoms with van der Waals surface area (Å²) in [7, 11) is 0. The number of benzene rings is 3. The number of fused-ring (bicyclic) bond motifs is 9. The molecule has 4 aromatic rings. The van der Waals surface area contributed by atoms with Crippen molar-refractivity contribution < 1.29 is 23.9 Å². The van der Waals surface area contributed by atoms with E-state index in [4.69, 9.17) is 9.47 Å². The quantitative estimate of drug-likeness (QED) is 0.188. The summed E-state index contributed by atoms with van der Waals surface area (Å²) in [5.74, 6) is -0.702. The molecule has 0 radical (unpaired) electrons. The van der Waals surface area contributed by atoms with Gasteiger partial charge in [-0.1, -0.05) is 53.3 Å². The molecule has 2 amide bonds. The van der Waals surface area contributed by atoms with Gasteiger partial charge in [0, 0.05) is 16.0 Å². The Kier molecular flexibility index (Phi) is 7.17. The van der Waals surface area contributed by atoms with Gasteiger partial charge in [-0.25, -0.2) is 4.79 Å². The normalized spacial score (nSPS) is 27.3. The fourth-order valence-electron chi connectivity index (χ4n) is 8.23. The zero-order valence-electron chi connectivity index (χ0n) is 25.3. The van der Waals surface area contributed by atoms with E-state index in [1.807, 2.05) is 12.1 Å². The van der Waals surface area contributed by atoms with Crippen LogP contribution in [0.5, 0.6) is 5.75 Å². The number of nitrogens with zero attached hydrogens (tertiary/aromatic N) is 1. The van der Waals surface area contributed by atoms with E-state index in [2.05, 4.69) is 48.3 Å². The van der Waals surface area contributed by atoms with E-state index in [-0.39, 0.29) is 58.1 Å². The number of nitrogens with one attached hydrogen (secondary N) is 1. The summed E-state index contributed by atoms with van der Waals surface area (Å²) < 4.78 is 11.2. The molecule has 1 saturated heterocycles. The van der Waals surface area contributed by atoms with Crippen molar-refractivity contribution in [2.45, 2.75) is 43.1 Å². The molecular formula is C36H32N2O6S2. The van der Waals surface area contributed by atoms with Crippen molar-refractivity contribution in [3.8, 4) is 5.75 Å². The maximum atomic E-state index is 14.1. The number of esters is 1. The number of rotatable bonds is 7. The number of aromatic nitrogens is 1. The number of carbonyl (C=O) groups excluding carboxylic acids is 3. The van der Waals surface area contributed by atoms with Gasteiger partial charge in [-0.05, 0) is 85.5 Å². The van der Waals surface area contributed by atoms with Crippen LogP contribution in [0.2, 0.25) is 0 Å². The summed E-state index contributed by atoms with van der Waals surface area (Å²) in [5.41, 5.74) is 4.24. The van der Waals surface area contributed by atoms with Crippen LogP contribution in [0.4, 0.5) is 5.69 Å². The van der Waals surface area contributed by atoms with Gasteiger partial charge in [0.25, 0.3) is 0 Å². The minimum atomic E-state index is -0.438. The molecule has 46 heavy (non-hydrogen) atoms. The van der Waals surface area contributed by atoms with Crippen LogP contribution in [-0.2, 0) is 20.9 Å². The van der Waals surface area contributed by atoms with Gasteiger partial charge in [0.15, 0.2) is 0 Å². The Morgan fingerprint density at radius 3 is 2.30 bits per heavy atom. The Morgan fingerprint density at radius 1 is 0.913 bits per heavy atom. The summed E-state index contributed by atoms with van der Waals surface area (Å²) >= 11 is 2.93. The SMILES string of the molecule is CCOC(=O)c1ccc(N2C(=O)C3C(C2=O)[C@@H]2C[C@H]3C3Sc4[nH]c(=O)sc4C(c4ccc(OCc5ccc(C)cc5)cc4)C32)cc1. The highest BCUT2D eigenvalue weighted by Crippen LogP contribution is 2.68. The molecular weight excluding hydrogens is 621 g/mol. The molecule has 1 aromatic heterocycles. The van der Waals surface area contributed by atoms with Crippen LogP contribution < -0.4 is 14.5 Å². The maximum absolute atomic E-state index is 14.1. The van der Waals surface area contributed by atoms with E-state index in [9.17, 15) is 19.2 Å². The summed E-state index contributed by atoms with van der Waals surface area (Å²) in [6.45, 7) is 4.54. The van der Waals surface area contributed by atoms with E-state index in [0.29, 0.717) is 17.9 Å². The predicted octanol–water partition coefficient (Wildman–Crippen LogP) is 6.18. The average Bonchev–Trinajstić information content (AvgIpc) is 3.80. The monoisotopic (exact) mass is 652 g/mol. The third-order valence-corrected chi connectivity index (χ3v) is 12.7. The van der Waals surface area contributed by atoms with Crippen LogP contribution in [0.25, 0.3) is 0 Å². The topological polar surface area (TPSA) is 106 Å². The summed E-state index contributed by atoms with van der Waals surface area (Å²) in [4.78, 5) is 58.1. The summed E-state index contributed by atoms with van der Waals surface area (Å²) in [5, 5.41) is 0.989. The van der Waals surface area contributed by atoms with Crippen molar-refractivity contribution in [1.29, 1.82) is 0 Å². The number of ether oxygens (including phenoxy) is 2. The van der Waals surface area contributed by atoms with Crippen LogP contribution in [0.15, 0.2) is 82.6 Å². The van der Waals surface area contributed by atoms with Gasteiger partial charge in [-0.15, -0.1) is 11.8 Å². The molecule has 2 saturated carbocycles. The zero-order chi connectivity index (χ0) is 31.7. The molecule has 4 aliphatic rings. The highest BCUT2D eigenvalue weighted by Gasteiger charge is 2.69. The molecule has 234 valence electrons. The van der Waals surface area contributed by atoms with Gasteiger partial charge in [0.05, 0.1) is 34.7 Å². The lowest BCUT2D eigenvalue weighted by molar-refractivity contribution is -0.123. The lowest BCUT2D eigenvalue weighted by atomic mass is 9.68. The fraction of sp³-hybridized carbons (Fsp3) is 0.333. The highest BCUT2D eigenvalue weighted by atomic mass is 32.2. The van der Waals surface area contributed by atoms with E-state index < -0.39 is 11.9 Å². The number of thioether (sulfide) groups is 1. The molecule has 8 rings (SSSR count). The highest BCUT2D eigenvalue weighted by molar-refractivity contribution is 8.00. The van der Waals surface area contributed by atoms with Crippen LogP contribution >= 0.6 is 23.1 Å². The van der Waals surface area contributed by atoms with Crippen molar-refractivity contribution in [2.24, 2.45) is 29.6 Å². The first-order valence-corrected chi connectivity index (χ1v) is 17.3. The Morgan fingerprint density at radius 2 is 1.61 bits per heavy atom. The van der Waals surface area contributed by atoms with Crippen molar-refractivity contribution >= 4 is 46.6 Å². The number of aryl methyl sites for hydroxylation is 1. The Balaban J connectivity index is 1.08. The molecule has 2 aliphatic heterocycles. The third-order valence-electron chi connectivity index (χ3n) is 10.1. The number of carbonyl (C=O) groups is 3. The van der Waals surface area contributed by atoms with Crippen LogP contribution in [-0.4, -0.2) is 34.6 Å². The van der Waals surface area contributed by atoms with Gasteiger partial charge in [0.1, 0.15) is 12.4 Å². The molecule has 2 aliphatic carbocycles.